The van der Waals surface area contributed by atoms with E-state index in [1.54, 1.807) is 14.2 Å². The summed E-state index contributed by atoms with van der Waals surface area (Å²) in [5.74, 6) is 0. The first-order valence-corrected chi connectivity index (χ1v) is 20.8. The van der Waals surface area contributed by atoms with E-state index < -0.39 is 43.9 Å². The van der Waals surface area contributed by atoms with Gasteiger partial charge in [-0.3, -0.25) is 0 Å². The monoisotopic (exact) mass is 686 g/mol. The van der Waals surface area contributed by atoms with Gasteiger partial charge in [0.2, 0.25) is 0 Å². The van der Waals surface area contributed by atoms with Crippen molar-refractivity contribution in [2.24, 2.45) is 0 Å². The highest BCUT2D eigenvalue weighted by atomic mass is 16.7. The molecule has 0 aromatic carbocycles. The molecule has 1 N–H and O–H groups in total. The maximum absolute atomic E-state index is 11.7. The van der Waals surface area contributed by atoms with Gasteiger partial charge in [0.1, 0.15) is 24.4 Å². The Balaban J connectivity index is 1.86. The second-order valence-electron chi connectivity index (χ2n) is 14.7. The number of hydrogen-bond donors (Lipinski definition) is 1. The molecule has 7 atom stereocenters. The lowest BCUT2D eigenvalue weighted by molar-refractivity contribution is -0.318. The van der Waals surface area contributed by atoms with Gasteiger partial charge in [0.25, 0.3) is 0 Å². The highest BCUT2D eigenvalue weighted by molar-refractivity contribution is 4.93. The van der Waals surface area contributed by atoms with Crippen LogP contribution in [0, 0.1) is 0 Å². The van der Waals surface area contributed by atoms with Crippen LogP contribution in [0.1, 0.15) is 196 Å². The molecule has 0 spiro atoms. The minimum Gasteiger partial charge on any atom is -0.388 e. The van der Waals surface area contributed by atoms with E-state index in [1.165, 1.54) is 128 Å². The average Bonchev–Trinajstić information content (AvgIpc) is 3.66. The molecular weight excluding hydrogens is 602 g/mol. The number of unbranched alkanes of at least 4 members (excludes halogenated alkanes) is 20. The van der Waals surface area contributed by atoms with Crippen LogP contribution < -0.4 is 0 Å². The summed E-state index contributed by atoms with van der Waals surface area (Å²) in [6.07, 6.45) is 29.2. The van der Waals surface area contributed by atoms with Gasteiger partial charge in [-0.2, -0.15) is 5.06 Å². The van der Waals surface area contributed by atoms with Gasteiger partial charge >= 0.3 is 0 Å². The highest BCUT2D eigenvalue weighted by Crippen LogP contribution is 2.30. The van der Waals surface area contributed by atoms with E-state index in [1.807, 2.05) is 5.06 Å². The van der Waals surface area contributed by atoms with E-state index in [4.69, 9.17) is 26.5 Å². The van der Waals surface area contributed by atoms with Gasteiger partial charge < -0.3 is 28.9 Å². The highest BCUT2D eigenvalue weighted by Gasteiger charge is 2.48. The first-order valence-electron chi connectivity index (χ1n) is 21.9. The van der Waals surface area contributed by atoms with Crippen LogP contribution in [0.5, 0.6) is 0 Å². The Morgan fingerprint density at radius 2 is 1.00 bits per heavy atom. The van der Waals surface area contributed by atoms with Crippen molar-refractivity contribution in [3.8, 4) is 0 Å². The van der Waals surface area contributed by atoms with Gasteiger partial charge in [-0.15, -0.1) is 0 Å². The summed E-state index contributed by atoms with van der Waals surface area (Å²) >= 11 is 0. The lowest BCUT2D eigenvalue weighted by Gasteiger charge is -2.45. The molecule has 0 amide bonds. The Morgan fingerprint density at radius 3 is 1.40 bits per heavy atom. The van der Waals surface area contributed by atoms with Crippen LogP contribution in [0.15, 0.2) is 0 Å². The predicted molar refractivity (Wildman–Crippen MR) is 199 cm³/mol. The molecule has 7 nitrogen and oxygen atoms in total. The van der Waals surface area contributed by atoms with Gasteiger partial charge in [-0.05, 0) is 25.7 Å². The third kappa shape index (κ3) is 19.4. The average molecular weight is 686 g/mol. The minimum absolute atomic E-state index is 0.290. The van der Waals surface area contributed by atoms with Gasteiger partial charge in [0.15, 0.2) is 6.29 Å². The minimum atomic E-state index is -1.04. The number of hydroxylamine groups is 2. The second-order valence-corrected chi connectivity index (χ2v) is 14.7. The summed E-state index contributed by atoms with van der Waals surface area (Å²) < 4.78 is 42.2. The molecule has 1 heterocycles. The summed E-state index contributed by atoms with van der Waals surface area (Å²) in [6, 6.07) is 0.290. The van der Waals surface area contributed by atoms with Gasteiger partial charge in [0.05, 0.1) is 16.4 Å². The molecule has 0 aromatic rings. The van der Waals surface area contributed by atoms with E-state index in [0.29, 0.717) is 25.4 Å². The topological polar surface area (TPSA) is 69.6 Å². The molecule has 0 radical (unpaired) electrons. The first-order chi connectivity index (χ1) is 24.4. The van der Waals surface area contributed by atoms with Crippen molar-refractivity contribution in [1.82, 2.24) is 5.06 Å². The fourth-order valence-corrected chi connectivity index (χ4v) is 7.42. The van der Waals surface area contributed by atoms with Crippen LogP contribution >= 0.6 is 0 Å². The molecule has 1 saturated carbocycles. The standard InChI is InChI=1S/C41H81NO6/c1-5-7-9-11-13-15-17-19-21-23-25-29-33-46-39-38(43)37(35-42(45-4)36-31-27-28-32-36)48-41(44-3)40(39)47-34-30-26-24-22-20-18-16-14-12-10-8-6-2/h36-41,43H,5-35H2,1-4H3/t37-,38-,39+,40-,41?/m1/s1/i33D,34D/t33?,34?,37-,38-,39+,40-,41?. The Hall–Kier alpha value is -0.280. The molecule has 1 saturated heterocycles. The predicted octanol–water partition coefficient (Wildman–Crippen LogP) is 10.7. The molecule has 2 fully saturated rings. The molecule has 0 bridgehead atoms. The van der Waals surface area contributed by atoms with Crippen molar-refractivity contribution in [2.75, 3.05) is 33.9 Å². The summed E-state index contributed by atoms with van der Waals surface area (Å²) in [6.45, 7) is 3.33. The van der Waals surface area contributed by atoms with E-state index in [0.717, 1.165) is 38.5 Å². The fourth-order valence-electron chi connectivity index (χ4n) is 7.42. The molecular formula is C41H81NO6. The summed E-state index contributed by atoms with van der Waals surface area (Å²) in [5, 5.41) is 13.6. The molecule has 7 heteroatoms. The number of aliphatic hydroxyl groups excluding tert-OH is 1. The lowest BCUT2D eigenvalue weighted by Crippen LogP contribution is -2.62. The van der Waals surface area contributed by atoms with E-state index in [9.17, 15) is 5.11 Å². The number of ether oxygens (including phenoxy) is 4. The van der Waals surface area contributed by atoms with Crippen molar-refractivity contribution in [2.45, 2.75) is 230 Å². The molecule has 0 aromatic heterocycles. The van der Waals surface area contributed by atoms with Crippen LogP contribution in [0.25, 0.3) is 0 Å². The van der Waals surface area contributed by atoms with E-state index in [2.05, 4.69) is 13.8 Å². The molecule has 286 valence electrons. The van der Waals surface area contributed by atoms with E-state index >= 15 is 0 Å². The third-order valence-corrected chi connectivity index (χ3v) is 10.5. The number of methoxy groups -OCH3 is 1. The lowest BCUT2D eigenvalue weighted by atomic mass is 9.97. The van der Waals surface area contributed by atoms with Crippen LogP contribution in [-0.2, 0) is 23.8 Å². The summed E-state index contributed by atoms with van der Waals surface area (Å²) in [7, 11) is 3.25. The zero-order valence-corrected chi connectivity index (χ0v) is 32.1. The van der Waals surface area contributed by atoms with Crippen molar-refractivity contribution in [3.05, 3.63) is 0 Å². The zero-order chi connectivity index (χ0) is 36.2. The Morgan fingerprint density at radius 1 is 0.604 bits per heavy atom. The number of aliphatic hydroxyl groups is 1. The first kappa shape index (κ1) is 40.5. The molecule has 2 rings (SSSR count). The SMILES string of the molecule is [2H]C(CCCCCCCCCCCCC)O[C@H]1[C@H](O)[C@@H](CN(OC)C2CCCC2)OC(OC)[C@@H]1OC([2H])CCCCCCCCCCCCC. The van der Waals surface area contributed by atoms with Crippen molar-refractivity contribution in [3.63, 3.8) is 0 Å². The smallest absolute Gasteiger partial charge is 0.186 e. The number of rotatable bonds is 33. The van der Waals surface area contributed by atoms with Crippen LogP contribution in [0.4, 0.5) is 0 Å². The zero-order valence-electron chi connectivity index (χ0n) is 34.1. The summed E-state index contributed by atoms with van der Waals surface area (Å²) in [5.41, 5.74) is 0. The molecule has 1 aliphatic carbocycles. The van der Waals surface area contributed by atoms with Crippen molar-refractivity contribution in [1.29, 1.82) is 0 Å². The molecule has 48 heavy (non-hydrogen) atoms. The van der Waals surface area contributed by atoms with Crippen LogP contribution in [-0.4, -0.2) is 80.8 Å². The summed E-state index contributed by atoms with van der Waals surface area (Å²) in [4.78, 5) is 5.75. The fraction of sp³-hybridized carbons (Fsp3) is 1.00. The van der Waals surface area contributed by atoms with Crippen LogP contribution in [0.3, 0.4) is 0 Å². The molecule has 3 unspecified atom stereocenters. The van der Waals surface area contributed by atoms with Crippen molar-refractivity contribution < 1.29 is 31.6 Å². The van der Waals surface area contributed by atoms with Crippen LogP contribution in [0.2, 0.25) is 0 Å². The normalized spacial score (nSPS) is 25.4. The van der Waals surface area contributed by atoms with Crippen molar-refractivity contribution >= 4 is 0 Å². The maximum Gasteiger partial charge on any atom is 0.186 e. The van der Waals surface area contributed by atoms with E-state index in [-0.39, 0.29) is 0 Å². The van der Waals surface area contributed by atoms with Gasteiger partial charge in [-0.1, -0.05) is 168 Å². The molecule has 2 aliphatic rings. The maximum atomic E-state index is 11.7. The number of hydrogen-bond acceptors (Lipinski definition) is 7. The Kier molecular flexibility index (Phi) is 25.6. The molecule has 1 aliphatic heterocycles. The second kappa shape index (κ2) is 30.4. The van der Waals surface area contributed by atoms with Gasteiger partial charge in [0, 0.05) is 26.3 Å². The number of nitrogens with zero attached hydrogens (tertiary/aromatic N) is 1. The van der Waals surface area contributed by atoms with Gasteiger partial charge in [-0.25, -0.2) is 0 Å². The Labute approximate surface area is 300 Å². The quantitative estimate of drug-likeness (QED) is 0.0544. The third-order valence-electron chi connectivity index (χ3n) is 10.5. The largest absolute Gasteiger partial charge is 0.388 e. The Bertz CT molecular complexity index is 763.